The Bertz CT molecular complexity index is 511. The van der Waals surface area contributed by atoms with Crippen molar-refractivity contribution in [2.45, 2.75) is 26.7 Å². The Labute approximate surface area is 126 Å². The standard InChI is InChI=1S/C13H22N2O.H2O4S/c1-3-15(8-4-5-9-16)12-6-7-13(14)11(2)10-12;1-5(2,3)4/h6-7,10,16H,3-5,8-9,14H2,1-2H3;(H2,1,2,3,4). The fourth-order valence-electron chi connectivity index (χ4n) is 1.74. The number of benzene rings is 1. The minimum Gasteiger partial charge on any atom is -0.399 e. The van der Waals surface area contributed by atoms with Crippen molar-refractivity contribution in [2.24, 2.45) is 0 Å². The van der Waals surface area contributed by atoms with Crippen molar-refractivity contribution >= 4 is 21.8 Å². The number of anilines is 2. The number of aryl methyl sites for hydroxylation is 1. The van der Waals surface area contributed by atoms with E-state index in [1.165, 1.54) is 5.69 Å². The topological polar surface area (TPSA) is 124 Å². The smallest absolute Gasteiger partial charge is 0.394 e. The zero-order valence-electron chi connectivity index (χ0n) is 12.4. The van der Waals surface area contributed by atoms with E-state index in [2.05, 4.69) is 24.0 Å². The number of aliphatic hydroxyl groups is 1. The summed E-state index contributed by atoms with van der Waals surface area (Å²) in [6.07, 6.45) is 1.89. The zero-order chi connectivity index (χ0) is 16.5. The van der Waals surface area contributed by atoms with Gasteiger partial charge in [0.2, 0.25) is 0 Å². The average molecular weight is 320 g/mol. The highest BCUT2D eigenvalue weighted by atomic mass is 32.3. The van der Waals surface area contributed by atoms with Gasteiger partial charge in [-0.05, 0) is 50.5 Å². The first kappa shape index (κ1) is 19.7. The first-order chi connectivity index (χ1) is 9.69. The fraction of sp³-hybridized carbons (Fsp3) is 0.538. The second kappa shape index (κ2) is 9.56. The molecular formula is C13H24N2O5S. The van der Waals surface area contributed by atoms with E-state index in [1.807, 2.05) is 13.0 Å². The van der Waals surface area contributed by atoms with Gasteiger partial charge in [-0.3, -0.25) is 9.11 Å². The number of hydrogen-bond acceptors (Lipinski definition) is 5. The van der Waals surface area contributed by atoms with Gasteiger partial charge in [0.05, 0.1) is 0 Å². The molecule has 0 amide bonds. The van der Waals surface area contributed by atoms with Crippen molar-refractivity contribution in [1.82, 2.24) is 0 Å². The molecule has 0 aliphatic heterocycles. The largest absolute Gasteiger partial charge is 0.399 e. The van der Waals surface area contributed by atoms with Crippen molar-refractivity contribution in [3.63, 3.8) is 0 Å². The van der Waals surface area contributed by atoms with E-state index in [0.717, 1.165) is 37.2 Å². The zero-order valence-corrected chi connectivity index (χ0v) is 13.2. The highest BCUT2D eigenvalue weighted by molar-refractivity contribution is 7.79. The summed E-state index contributed by atoms with van der Waals surface area (Å²) in [6.45, 7) is 6.42. The van der Waals surface area contributed by atoms with Gasteiger partial charge >= 0.3 is 10.4 Å². The quantitative estimate of drug-likeness (QED) is 0.356. The Morgan fingerprint density at radius 2 is 1.81 bits per heavy atom. The Morgan fingerprint density at radius 1 is 1.24 bits per heavy atom. The average Bonchev–Trinajstić information content (AvgIpc) is 2.36. The van der Waals surface area contributed by atoms with Crippen molar-refractivity contribution in [1.29, 1.82) is 0 Å². The normalized spacial score (nSPS) is 10.7. The summed E-state index contributed by atoms with van der Waals surface area (Å²) < 4.78 is 31.6. The van der Waals surface area contributed by atoms with Gasteiger partial charge < -0.3 is 15.7 Å². The highest BCUT2D eigenvalue weighted by Gasteiger charge is 2.04. The van der Waals surface area contributed by atoms with Crippen LogP contribution in [0.2, 0.25) is 0 Å². The van der Waals surface area contributed by atoms with E-state index in [0.29, 0.717) is 0 Å². The van der Waals surface area contributed by atoms with E-state index in [-0.39, 0.29) is 6.61 Å². The molecule has 0 aliphatic carbocycles. The van der Waals surface area contributed by atoms with Crippen LogP contribution in [0.25, 0.3) is 0 Å². The van der Waals surface area contributed by atoms with Crippen molar-refractivity contribution < 1.29 is 22.6 Å². The molecule has 122 valence electrons. The molecule has 0 aliphatic rings. The fourth-order valence-corrected chi connectivity index (χ4v) is 1.74. The maximum atomic E-state index is 8.77. The summed E-state index contributed by atoms with van der Waals surface area (Å²) in [5.74, 6) is 0. The van der Waals surface area contributed by atoms with Crippen LogP contribution in [0.1, 0.15) is 25.3 Å². The number of unbranched alkanes of at least 4 members (excludes halogenated alkanes) is 1. The highest BCUT2D eigenvalue weighted by Crippen LogP contribution is 2.20. The number of aliphatic hydroxyl groups excluding tert-OH is 1. The summed E-state index contributed by atoms with van der Waals surface area (Å²) in [6, 6.07) is 6.14. The van der Waals surface area contributed by atoms with Gasteiger partial charge in [-0.1, -0.05) is 0 Å². The second-order valence-electron chi connectivity index (χ2n) is 4.50. The Kier molecular flexibility index (Phi) is 8.95. The molecule has 1 rings (SSSR count). The molecule has 0 radical (unpaired) electrons. The molecule has 0 bridgehead atoms. The molecule has 1 aromatic rings. The van der Waals surface area contributed by atoms with Crippen LogP contribution in [0.4, 0.5) is 11.4 Å². The summed E-state index contributed by atoms with van der Waals surface area (Å²) in [4.78, 5) is 2.31. The Balaban J connectivity index is 0.000000690. The van der Waals surface area contributed by atoms with Gasteiger partial charge in [0, 0.05) is 31.1 Å². The summed E-state index contributed by atoms with van der Waals surface area (Å²) >= 11 is 0. The van der Waals surface area contributed by atoms with Crippen molar-refractivity contribution in [3.05, 3.63) is 23.8 Å². The second-order valence-corrected chi connectivity index (χ2v) is 5.39. The minimum absolute atomic E-state index is 0.276. The van der Waals surface area contributed by atoms with E-state index in [9.17, 15) is 0 Å². The number of nitrogens with two attached hydrogens (primary N) is 1. The molecule has 7 nitrogen and oxygen atoms in total. The third-order valence-electron chi connectivity index (χ3n) is 2.84. The molecule has 0 saturated carbocycles. The summed E-state index contributed by atoms with van der Waals surface area (Å²) in [7, 11) is -4.67. The van der Waals surface area contributed by atoms with E-state index < -0.39 is 10.4 Å². The lowest BCUT2D eigenvalue weighted by Crippen LogP contribution is -2.24. The number of hydrogen-bond donors (Lipinski definition) is 4. The molecule has 0 spiro atoms. The molecule has 8 heteroatoms. The number of nitrogen functional groups attached to an aromatic ring is 1. The maximum absolute atomic E-state index is 8.77. The molecule has 1 aromatic carbocycles. The van der Waals surface area contributed by atoms with Gasteiger partial charge in [-0.15, -0.1) is 0 Å². The molecule has 21 heavy (non-hydrogen) atoms. The number of rotatable bonds is 6. The van der Waals surface area contributed by atoms with Crippen LogP contribution in [-0.2, 0) is 10.4 Å². The van der Waals surface area contributed by atoms with Crippen LogP contribution in [0.5, 0.6) is 0 Å². The SMILES string of the molecule is CCN(CCCCO)c1ccc(N)c(C)c1.O=S(=O)(O)O. The van der Waals surface area contributed by atoms with Crippen molar-refractivity contribution in [3.8, 4) is 0 Å². The lowest BCUT2D eigenvalue weighted by atomic mass is 10.1. The molecule has 0 atom stereocenters. The van der Waals surface area contributed by atoms with Gasteiger partial charge in [0.25, 0.3) is 0 Å². The number of nitrogens with zero attached hydrogens (tertiary/aromatic N) is 1. The third-order valence-corrected chi connectivity index (χ3v) is 2.84. The van der Waals surface area contributed by atoms with Crippen molar-refractivity contribution in [2.75, 3.05) is 30.3 Å². The molecular weight excluding hydrogens is 296 g/mol. The third kappa shape index (κ3) is 10.1. The Morgan fingerprint density at radius 3 is 2.24 bits per heavy atom. The predicted molar refractivity (Wildman–Crippen MR) is 84.0 cm³/mol. The molecule has 0 heterocycles. The van der Waals surface area contributed by atoms with Crippen LogP contribution in [0.15, 0.2) is 18.2 Å². The minimum atomic E-state index is -4.67. The first-order valence-electron chi connectivity index (χ1n) is 6.60. The van der Waals surface area contributed by atoms with Crippen LogP contribution in [-0.4, -0.2) is 42.3 Å². The van der Waals surface area contributed by atoms with Gasteiger partial charge in [-0.2, -0.15) is 8.42 Å². The predicted octanol–water partition coefficient (Wildman–Crippen LogP) is 1.52. The lowest BCUT2D eigenvalue weighted by molar-refractivity contribution is 0.285. The van der Waals surface area contributed by atoms with Gasteiger partial charge in [0.15, 0.2) is 0 Å². The first-order valence-corrected chi connectivity index (χ1v) is 8.00. The van der Waals surface area contributed by atoms with Crippen LogP contribution < -0.4 is 10.6 Å². The molecule has 5 N–H and O–H groups in total. The lowest BCUT2D eigenvalue weighted by Gasteiger charge is -2.23. The monoisotopic (exact) mass is 320 g/mol. The van der Waals surface area contributed by atoms with E-state index >= 15 is 0 Å². The molecule has 0 saturated heterocycles. The summed E-state index contributed by atoms with van der Waals surface area (Å²) in [5.41, 5.74) is 8.98. The van der Waals surface area contributed by atoms with Crippen LogP contribution in [0.3, 0.4) is 0 Å². The Hall–Kier alpha value is -1.35. The molecule has 0 aromatic heterocycles. The van der Waals surface area contributed by atoms with E-state index in [1.54, 1.807) is 0 Å². The maximum Gasteiger partial charge on any atom is 0.394 e. The molecule has 0 fully saturated rings. The van der Waals surface area contributed by atoms with Crippen LogP contribution in [0, 0.1) is 6.92 Å². The van der Waals surface area contributed by atoms with Gasteiger partial charge in [0.1, 0.15) is 0 Å². The van der Waals surface area contributed by atoms with Gasteiger partial charge in [-0.25, -0.2) is 0 Å². The molecule has 0 unspecified atom stereocenters. The van der Waals surface area contributed by atoms with Crippen LogP contribution >= 0.6 is 0 Å². The van der Waals surface area contributed by atoms with E-state index in [4.69, 9.17) is 28.4 Å². The summed E-state index contributed by atoms with van der Waals surface area (Å²) in [5, 5.41) is 8.77.